The van der Waals surface area contributed by atoms with Crippen molar-refractivity contribution in [2.75, 3.05) is 21.3 Å². The molecule has 6 nitrogen and oxygen atoms in total. The van der Waals surface area contributed by atoms with Crippen molar-refractivity contribution in [3.63, 3.8) is 0 Å². The molecule has 1 aromatic carbocycles. The number of rotatable bonds is 5. The van der Waals surface area contributed by atoms with Gasteiger partial charge in [-0.25, -0.2) is 0 Å². The van der Waals surface area contributed by atoms with E-state index in [4.69, 9.17) is 26.4 Å². The van der Waals surface area contributed by atoms with Gasteiger partial charge in [0.05, 0.1) is 21.3 Å². The van der Waals surface area contributed by atoms with Crippen LogP contribution < -0.4 is 19.5 Å². The van der Waals surface area contributed by atoms with Crippen LogP contribution in [-0.4, -0.2) is 43.3 Å². The van der Waals surface area contributed by atoms with E-state index in [0.717, 1.165) is 31.2 Å². The maximum absolute atomic E-state index is 12.9. The molecule has 1 aliphatic carbocycles. The molecule has 0 atom stereocenters. The van der Waals surface area contributed by atoms with Crippen molar-refractivity contribution in [1.82, 2.24) is 10.2 Å². The molecule has 1 aliphatic heterocycles. The molecule has 26 heavy (non-hydrogen) atoms. The zero-order valence-corrected chi connectivity index (χ0v) is 16.1. The molecule has 0 unspecified atom stereocenters. The minimum absolute atomic E-state index is 0.0735. The van der Waals surface area contributed by atoms with Crippen LogP contribution >= 0.6 is 12.2 Å². The molecule has 2 fully saturated rings. The van der Waals surface area contributed by atoms with E-state index in [1.807, 2.05) is 0 Å². The minimum Gasteiger partial charge on any atom is -0.493 e. The zero-order valence-electron chi connectivity index (χ0n) is 15.3. The second-order valence-corrected chi connectivity index (χ2v) is 6.80. The second-order valence-electron chi connectivity index (χ2n) is 6.41. The number of nitrogens with one attached hydrogen (secondary N) is 1. The monoisotopic (exact) mass is 376 g/mol. The van der Waals surface area contributed by atoms with Crippen molar-refractivity contribution < 1.29 is 19.0 Å². The lowest BCUT2D eigenvalue weighted by Gasteiger charge is -2.29. The molecule has 140 valence electrons. The van der Waals surface area contributed by atoms with Crippen LogP contribution in [-0.2, 0) is 4.79 Å². The molecule has 1 amide bonds. The van der Waals surface area contributed by atoms with Gasteiger partial charge in [-0.05, 0) is 48.8 Å². The van der Waals surface area contributed by atoms with Crippen molar-refractivity contribution >= 4 is 29.3 Å². The van der Waals surface area contributed by atoms with Gasteiger partial charge in [-0.15, -0.1) is 0 Å². The van der Waals surface area contributed by atoms with Gasteiger partial charge in [-0.2, -0.15) is 0 Å². The van der Waals surface area contributed by atoms with Crippen molar-refractivity contribution in [3.05, 3.63) is 23.4 Å². The van der Waals surface area contributed by atoms with E-state index in [2.05, 4.69) is 5.32 Å². The van der Waals surface area contributed by atoms with Crippen LogP contribution in [0.25, 0.3) is 6.08 Å². The Labute approximate surface area is 159 Å². The van der Waals surface area contributed by atoms with E-state index in [1.165, 1.54) is 6.42 Å². The maximum Gasteiger partial charge on any atom is 0.276 e. The zero-order chi connectivity index (χ0) is 18.7. The molecular formula is C19H24N2O4S. The summed E-state index contributed by atoms with van der Waals surface area (Å²) in [5, 5.41) is 3.55. The summed E-state index contributed by atoms with van der Waals surface area (Å²) in [5.74, 6) is 1.52. The fraction of sp³-hybridized carbons (Fsp3) is 0.474. The second kappa shape index (κ2) is 7.95. The molecule has 2 aliphatic rings. The highest BCUT2D eigenvalue weighted by Gasteiger charge is 2.36. The number of thiocarbonyl (C=S) groups is 1. The van der Waals surface area contributed by atoms with Crippen LogP contribution in [0.5, 0.6) is 17.2 Å². The molecule has 7 heteroatoms. The third-order valence-corrected chi connectivity index (χ3v) is 5.15. The predicted octanol–water partition coefficient (Wildman–Crippen LogP) is 3.10. The van der Waals surface area contributed by atoms with Crippen molar-refractivity contribution in [1.29, 1.82) is 0 Å². The Morgan fingerprint density at radius 2 is 1.69 bits per heavy atom. The number of carbonyl (C=O) groups is 1. The third kappa shape index (κ3) is 3.49. The molecule has 1 N–H and O–H groups in total. The highest BCUT2D eigenvalue weighted by atomic mass is 32.1. The van der Waals surface area contributed by atoms with Crippen LogP contribution in [0.4, 0.5) is 0 Å². The molecule has 0 spiro atoms. The SMILES string of the molecule is COc1cc(/C=C2/NC(=S)N(C3CCCCC3)C2=O)cc(OC)c1OC. The highest BCUT2D eigenvalue weighted by Crippen LogP contribution is 2.39. The first-order valence-electron chi connectivity index (χ1n) is 8.75. The van der Waals surface area contributed by atoms with Gasteiger partial charge >= 0.3 is 0 Å². The first-order chi connectivity index (χ1) is 12.6. The van der Waals surface area contributed by atoms with Gasteiger partial charge in [0.2, 0.25) is 5.75 Å². The standard InChI is InChI=1S/C19H24N2O4S/c1-23-15-10-12(11-16(24-2)17(15)25-3)9-14-18(22)21(19(26)20-14)13-7-5-4-6-8-13/h9-11,13H,4-8H2,1-3H3,(H,20,26)/b14-9+. The number of nitrogens with zero attached hydrogens (tertiary/aromatic N) is 1. The molecule has 0 bridgehead atoms. The third-order valence-electron chi connectivity index (χ3n) is 4.85. The number of benzene rings is 1. The number of hydrogen-bond acceptors (Lipinski definition) is 5. The fourth-order valence-electron chi connectivity index (χ4n) is 3.57. The van der Waals surface area contributed by atoms with Gasteiger partial charge in [0.15, 0.2) is 16.6 Å². The minimum atomic E-state index is -0.0735. The number of amides is 1. The predicted molar refractivity (Wildman–Crippen MR) is 104 cm³/mol. The summed E-state index contributed by atoms with van der Waals surface area (Å²) in [6.45, 7) is 0. The van der Waals surface area contributed by atoms with Crippen LogP contribution in [0.3, 0.4) is 0 Å². The Bertz CT molecular complexity index is 716. The number of carbonyl (C=O) groups excluding carboxylic acids is 1. The van der Waals surface area contributed by atoms with Gasteiger partial charge in [0, 0.05) is 6.04 Å². The Kier molecular flexibility index (Phi) is 5.66. The van der Waals surface area contributed by atoms with Crippen LogP contribution in [0.15, 0.2) is 17.8 Å². The van der Waals surface area contributed by atoms with E-state index < -0.39 is 0 Å². The van der Waals surface area contributed by atoms with Crippen LogP contribution in [0.2, 0.25) is 0 Å². The van der Waals surface area contributed by atoms with Crippen molar-refractivity contribution in [2.45, 2.75) is 38.1 Å². The molecule has 1 heterocycles. The summed E-state index contributed by atoms with van der Waals surface area (Å²) in [4.78, 5) is 14.6. The first-order valence-corrected chi connectivity index (χ1v) is 9.16. The number of hydrogen-bond donors (Lipinski definition) is 1. The number of ether oxygens (including phenoxy) is 3. The summed E-state index contributed by atoms with van der Waals surface area (Å²) < 4.78 is 16.1. The summed E-state index contributed by atoms with van der Waals surface area (Å²) in [6.07, 6.45) is 7.29. The number of methoxy groups -OCH3 is 3. The lowest BCUT2D eigenvalue weighted by molar-refractivity contribution is -0.124. The summed E-state index contributed by atoms with van der Waals surface area (Å²) in [6, 6.07) is 3.80. The van der Waals surface area contributed by atoms with Crippen LogP contribution in [0, 0.1) is 0 Å². The van der Waals surface area contributed by atoms with E-state index in [9.17, 15) is 4.79 Å². The molecule has 0 radical (unpaired) electrons. The Morgan fingerprint density at radius 3 is 2.23 bits per heavy atom. The summed E-state index contributed by atoms with van der Waals surface area (Å²) in [5.41, 5.74) is 1.23. The van der Waals surface area contributed by atoms with E-state index in [0.29, 0.717) is 28.1 Å². The highest BCUT2D eigenvalue weighted by molar-refractivity contribution is 7.80. The molecule has 0 aromatic heterocycles. The van der Waals surface area contributed by atoms with E-state index in [-0.39, 0.29) is 11.9 Å². The van der Waals surface area contributed by atoms with Gasteiger partial charge in [-0.1, -0.05) is 19.3 Å². The topological polar surface area (TPSA) is 60.0 Å². The summed E-state index contributed by atoms with van der Waals surface area (Å²) in [7, 11) is 4.68. The Balaban J connectivity index is 1.90. The molecule has 1 aromatic rings. The Hall–Kier alpha value is -2.28. The maximum atomic E-state index is 12.9. The van der Waals surface area contributed by atoms with Gasteiger partial charge in [0.1, 0.15) is 5.70 Å². The Morgan fingerprint density at radius 1 is 1.08 bits per heavy atom. The smallest absolute Gasteiger partial charge is 0.276 e. The fourth-order valence-corrected chi connectivity index (χ4v) is 3.91. The van der Waals surface area contributed by atoms with Gasteiger partial charge in [-0.3, -0.25) is 9.69 Å². The van der Waals surface area contributed by atoms with Crippen LogP contribution in [0.1, 0.15) is 37.7 Å². The van der Waals surface area contributed by atoms with Crippen molar-refractivity contribution in [2.24, 2.45) is 0 Å². The molecule has 1 saturated carbocycles. The molecule has 3 rings (SSSR count). The lowest BCUT2D eigenvalue weighted by atomic mass is 9.94. The quantitative estimate of drug-likeness (QED) is 0.629. The van der Waals surface area contributed by atoms with Gasteiger partial charge in [0.25, 0.3) is 5.91 Å². The molecule has 1 saturated heterocycles. The van der Waals surface area contributed by atoms with Gasteiger partial charge < -0.3 is 19.5 Å². The van der Waals surface area contributed by atoms with E-state index in [1.54, 1.807) is 44.4 Å². The largest absolute Gasteiger partial charge is 0.493 e. The van der Waals surface area contributed by atoms with Crippen molar-refractivity contribution in [3.8, 4) is 17.2 Å². The molecular weight excluding hydrogens is 352 g/mol. The first kappa shape index (κ1) is 18.5. The summed E-state index contributed by atoms with van der Waals surface area (Å²) >= 11 is 5.41. The average molecular weight is 376 g/mol. The van der Waals surface area contributed by atoms with E-state index >= 15 is 0 Å². The lowest BCUT2D eigenvalue weighted by Crippen LogP contribution is -2.41. The average Bonchev–Trinajstić information content (AvgIpc) is 2.94. The normalized spacial score (nSPS) is 19.7.